The van der Waals surface area contributed by atoms with Crippen LogP contribution in [0.3, 0.4) is 0 Å². The Kier molecular flexibility index (Phi) is 7.77. The van der Waals surface area contributed by atoms with E-state index in [4.69, 9.17) is 21.3 Å². The summed E-state index contributed by atoms with van der Waals surface area (Å²) >= 11 is 6.21. The second kappa shape index (κ2) is 10.8. The van der Waals surface area contributed by atoms with E-state index in [-0.39, 0.29) is 18.0 Å². The van der Waals surface area contributed by atoms with Crippen LogP contribution in [0.2, 0.25) is 5.02 Å². The molecule has 0 unspecified atom stereocenters. The van der Waals surface area contributed by atoms with Gasteiger partial charge in [0.25, 0.3) is 5.56 Å². The number of fused-ring (bicyclic) bond motifs is 1. The smallest absolute Gasteiger partial charge is 0.262 e. The van der Waals surface area contributed by atoms with Crippen LogP contribution in [0.25, 0.3) is 22.3 Å². The van der Waals surface area contributed by atoms with E-state index in [9.17, 15) is 9.59 Å². The number of halogens is 1. The van der Waals surface area contributed by atoms with Crippen molar-refractivity contribution >= 4 is 28.4 Å². The number of carbonyl (C=O) groups is 1. The maximum atomic E-state index is 13.6. The predicted octanol–water partition coefficient (Wildman–Crippen LogP) is 4.50. The van der Waals surface area contributed by atoms with Crippen LogP contribution in [0.15, 0.2) is 47.3 Å². The van der Waals surface area contributed by atoms with Crippen LogP contribution in [0.5, 0.6) is 5.75 Å². The number of aromatic nitrogens is 2. The third-order valence-corrected chi connectivity index (χ3v) is 6.15. The van der Waals surface area contributed by atoms with Crippen LogP contribution in [-0.4, -0.2) is 52.1 Å². The van der Waals surface area contributed by atoms with Gasteiger partial charge in [-0.1, -0.05) is 23.7 Å². The van der Waals surface area contributed by atoms with Gasteiger partial charge in [-0.05, 0) is 83.5 Å². The number of amides is 1. The summed E-state index contributed by atoms with van der Waals surface area (Å²) < 4.78 is 7.36. The van der Waals surface area contributed by atoms with Crippen molar-refractivity contribution in [3.8, 4) is 17.1 Å². The van der Waals surface area contributed by atoms with Crippen molar-refractivity contribution in [3.05, 3.63) is 57.8 Å². The Morgan fingerprint density at radius 3 is 2.63 bits per heavy atom. The highest BCUT2D eigenvalue weighted by atomic mass is 35.5. The Morgan fingerprint density at radius 2 is 1.91 bits per heavy atom. The number of likely N-dealkylation sites (tertiary alicyclic amines) is 1. The van der Waals surface area contributed by atoms with Gasteiger partial charge in [-0.25, -0.2) is 4.98 Å². The van der Waals surface area contributed by atoms with Crippen molar-refractivity contribution in [2.24, 2.45) is 0 Å². The number of hydrogen-bond donors (Lipinski definition) is 1. The minimum atomic E-state index is -0.419. The number of hydrogen-bond acceptors (Lipinski definition) is 5. The van der Waals surface area contributed by atoms with Crippen LogP contribution in [0.1, 0.15) is 40.0 Å². The Morgan fingerprint density at radius 1 is 1.14 bits per heavy atom. The SMILES string of the molecule is CC(C)(C)NC(=O)Cn1c(-c2cccc(Cl)c2)nc2ccc(OCCCN3CCCC3)cc2c1=O. The van der Waals surface area contributed by atoms with Crippen molar-refractivity contribution < 1.29 is 9.53 Å². The molecule has 4 rings (SSSR count). The van der Waals surface area contributed by atoms with Crippen molar-refractivity contribution in [1.29, 1.82) is 0 Å². The van der Waals surface area contributed by atoms with Crippen LogP contribution < -0.4 is 15.6 Å². The number of nitrogens with zero attached hydrogens (tertiary/aromatic N) is 3. The second-order valence-corrected chi connectivity index (χ2v) is 10.5. The van der Waals surface area contributed by atoms with E-state index >= 15 is 0 Å². The average molecular weight is 497 g/mol. The number of rotatable bonds is 8. The highest BCUT2D eigenvalue weighted by molar-refractivity contribution is 6.30. The standard InChI is InChI=1S/C27H33ClN4O3/c1-27(2,3)30-24(33)18-32-25(19-8-6-9-20(28)16-19)29-23-11-10-21(17-22(23)26(32)34)35-15-7-14-31-12-4-5-13-31/h6,8-11,16-17H,4-5,7,12-15,18H2,1-3H3,(H,30,33). The molecule has 1 aliphatic heterocycles. The molecule has 35 heavy (non-hydrogen) atoms. The fourth-order valence-corrected chi connectivity index (χ4v) is 4.56. The largest absolute Gasteiger partial charge is 0.494 e. The molecule has 0 atom stereocenters. The fraction of sp³-hybridized carbons (Fsp3) is 0.444. The second-order valence-electron chi connectivity index (χ2n) is 10.1. The first-order valence-corrected chi connectivity index (χ1v) is 12.5. The van der Waals surface area contributed by atoms with E-state index in [0.717, 1.165) is 13.0 Å². The molecule has 7 nitrogen and oxygen atoms in total. The lowest BCUT2D eigenvalue weighted by Gasteiger charge is -2.21. The average Bonchev–Trinajstić information content (AvgIpc) is 3.31. The molecule has 1 N–H and O–H groups in total. The molecule has 0 radical (unpaired) electrons. The molecular weight excluding hydrogens is 464 g/mol. The summed E-state index contributed by atoms with van der Waals surface area (Å²) in [6, 6.07) is 12.5. The Balaban J connectivity index is 1.64. The molecule has 0 aliphatic carbocycles. The van der Waals surface area contributed by atoms with E-state index in [1.807, 2.05) is 32.9 Å². The normalized spacial score (nSPS) is 14.4. The van der Waals surface area contributed by atoms with Gasteiger partial charge in [-0.2, -0.15) is 0 Å². The van der Waals surface area contributed by atoms with Crippen molar-refractivity contribution in [2.75, 3.05) is 26.2 Å². The summed E-state index contributed by atoms with van der Waals surface area (Å²) in [4.78, 5) is 33.6. The molecule has 3 aromatic rings. The molecule has 0 bridgehead atoms. The zero-order valence-corrected chi connectivity index (χ0v) is 21.4. The first-order valence-electron chi connectivity index (χ1n) is 12.2. The first-order chi connectivity index (χ1) is 16.7. The van der Waals surface area contributed by atoms with Crippen molar-refractivity contribution in [3.63, 3.8) is 0 Å². The topological polar surface area (TPSA) is 76.5 Å². The summed E-state index contributed by atoms with van der Waals surface area (Å²) in [5, 5.41) is 3.86. The maximum absolute atomic E-state index is 13.6. The molecule has 2 aromatic carbocycles. The van der Waals surface area contributed by atoms with Gasteiger partial charge in [0.15, 0.2) is 0 Å². The predicted molar refractivity (Wildman–Crippen MR) is 140 cm³/mol. The highest BCUT2D eigenvalue weighted by Gasteiger charge is 2.19. The van der Waals surface area contributed by atoms with Crippen molar-refractivity contribution in [2.45, 2.75) is 52.1 Å². The van der Waals surface area contributed by atoms with E-state index in [1.54, 1.807) is 30.3 Å². The summed E-state index contributed by atoms with van der Waals surface area (Å²) in [6.45, 7) is 9.48. The minimum Gasteiger partial charge on any atom is -0.494 e. The Hall–Kier alpha value is -2.90. The van der Waals surface area contributed by atoms with Gasteiger partial charge in [-0.3, -0.25) is 14.2 Å². The maximum Gasteiger partial charge on any atom is 0.262 e. The third kappa shape index (κ3) is 6.61. The molecule has 8 heteroatoms. The van der Waals surface area contributed by atoms with Gasteiger partial charge in [0.1, 0.15) is 18.1 Å². The Labute approximate surface area is 211 Å². The van der Waals surface area contributed by atoms with Gasteiger partial charge in [0.2, 0.25) is 5.91 Å². The zero-order chi connectivity index (χ0) is 25.0. The number of carbonyl (C=O) groups excluding carboxylic acids is 1. The molecule has 1 amide bonds. The fourth-order valence-electron chi connectivity index (χ4n) is 4.37. The molecule has 2 heterocycles. The van der Waals surface area contributed by atoms with Crippen LogP contribution >= 0.6 is 11.6 Å². The van der Waals surface area contributed by atoms with Gasteiger partial charge in [0.05, 0.1) is 17.5 Å². The Bertz CT molecular complexity index is 1260. The molecule has 1 aromatic heterocycles. The quantitative estimate of drug-likeness (QED) is 0.465. The zero-order valence-electron chi connectivity index (χ0n) is 20.6. The highest BCUT2D eigenvalue weighted by Crippen LogP contribution is 2.24. The number of ether oxygens (including phenoxy) is 1. The molecule has 0 spiro atoms. The lowest BCUT2D eigenvalue weighted by molar-refractivity contribution is -0.123. The summed E-state index contributed by atoms with van der Waals surface area (Å²) in [7, 11) is 0. The van der Waals surface area contributed by atoms with E-state index in [0.29, 0.717) is 39.7 Å². The molecule has 1 fully saturated rings. The van der Waals surface area contributed by atoms with E-state index in [1.165, 1.54) is 30.5 Å². The molecule has 0 saturated carbocycles. The van der Waals surface area contributed by atoms with E-state index in [2.05, 4.69) is 10.2 Å². The summed E-state index contributed by atoms with van der Waals surface area (Å²) in [5.74, 6) is 0.755. The monoisotopic (exact) mass is 496 g/mol. The summed E-state index contributed by atoms with van der Waals surface area (Å²) in [5.41, 5.74) is 0.498. The summed E-state index contributed by atoms with van der Waals surface area (Å²) in [6.07, 6.45) is 3.48. The van der Waals surface area contributed by atoms with Gasteiger partial charge in [0, 0.05) is 22.7 Å². The van der Waals surface area contributed by atoms with Crippen LogP contribution in [-0.2, 0) is 11.3 Å². The lowest BCUT2D eigenvalue weighted by atomic mass is 10.1. The molecule has 1 aliphatic rings. The van der Waals surface area contributed by atoms with Crippen LogP contribution in [0.4, 0.5) is 0 Å². The number of benzene rings is 2. The minimum absolute atomic E-state index is 0.151. The van der Waals surface area contributed by atoms with Gasteiger partial charge < -0.3 is 15.0 Å². The van der Waals surface area contributed by atoms with Crippen molar-refractivity contribution in [1.82, 2.24) is 19.8 Å². The molecular formula is C27H33ClN4O3. The lowest BCUT2D eigenvalue weighted by Crippen LogP contribution is -2.43. The molecule has 186 valence electrons. The number of nitrogens with one attached hydrogen (secondary N) is 1. The van der Waals surface area contributed by atoms with E-state index < -0.39 is 5.54 Å². The molecule has 1 saturated heterocycles. The van der Waals surface area contributed by atoms with Crippen LogP contribution in [0, 0.1) is 0 Å². The third-order valence-electron chi connectivity index (χ3n) is 5.91. The van der Waals surface area contributed by atoms with Gasteiger partial charge >= 0.3 is 0 Å². The first kappa shape index (κ1) is 25.2. The van der Waals surface area contributed by atoms with Gasteiger partial charge in [-0.15, -0.1) is 0 Å².